The molecule has 2 aromatic heterocycles. The van der Waals surface area contributed by atoms with Gasteiger partial charge in [0.2, 0.25) is 17.8 Å². The molecule has 2 atom stereocenters. The van der Waals surface area contributed by atoms with Gasteiger partial charge < -0.3 is 21.5 Å². The summed E-state index contributed by atoms with van der Waals surface area (Å²) < 4.78 is 15.7. The summed E-state index contributed by atoms with van der Waals surface area (Å²) in [6.45, 7) is 0.580. The van der Waals surface area contributed by atoms with E-state index in [2.05, 4.69) is 15.6 Å². The first-order valence-electron chi connectivity index (χ1n) is 12.7. The maximum atomic E-state index is 13.8. The van der Waals surface area contributed by atoms with E-state index in [1.54, 1.807) is 6.20 Å². The number of nitrogens with two attached hydrogens (primary N) is 1. The quantitative estimate of drug-likeness (QED) is 0.318. The van der Waals surface area contributed by atoms with Crippen molar-refractivity contribution in [2.45, 2.75) is 63.5 Å². The van der Waals surface area contributed by atoms with E-state index in [1.165, 1.54) is 12.1 Å². The van der Waals surface area contributed by atoms with E-state index in [-0.39, 0.29) is 39.9 Å². The summed E-state index contributed by atoms with van der Waals surface area (Å²) in [5.74, 6) is 0.0716. The van der Waals surface area contributed by atoms with Gasteiger partial charge in [0.1, 0.15) is 11.3 Å². The van der Waals surface area contributed by atoms with E-state index < -0.39 is 5.82 Å². The minimum Gasteiger partial charge on any atom is -0.393 e. The van der Waals surface area contributed by atoms with Crippen LogP contribution in [0.25, 0.3) is 11.2 Å². The molecule has 1 amide bonds. The number of nitrogens with one attached hydrogen (secondary N) is 2. The molecule has 2 aliphatic rings. The van der Waals surface area contributed by atoms with E-state index in [1.807, 2.05) is 4.57 Å². The zero-order valence-electron chi connectivity index (χ0n) is 20.3. The summed E-state index contributed by atoms with van der Waals surface area (Å²) in [4.78, 5) is 25.6. The third-order valence-corrected chi connectivity index (χ3v) is 8.13. The molecular weight excluding hydrogens is 520 g/mol. The van der Waals surface area contributed by atoms with Crippen LogP contribution in [0, 0.1) is 17.7 Å². The molecule has 9 nitrogen and oxygen atoms in total. The second-order valence-electron chi connectivity index (χ2n) is 9.98. The summed E-state index contributed by atoms with van der Waals surface area (Å²) in [5, 5.41) is 17.0. The fraction of sp³-hybridized carbons (Fsp3) is 0.520. The summed E-state index contributed by atoms with van der Waals surface area (Å²) in [7, 11) is 0. The monoisotopic (exact) mass is 549 g/mol. The molecule has 0 bridgehead atoms. The Balaban J connectivity index is 1.48. The number of primary amides is 1. The van der Waals surface area contributed by atoms with E-state index >= 15 is 0 Å². The highest BCUT2D eigenvalue weighted by Crippen LogP contribution is 2.39. The molecule has 2 saturated carbocycles. The van der Waals surface area contributed by atoms with Crippen molar-refractivity contribution in [3.05, 3.63) is 34.2 Å². The van der Waals surface area contributed by atoms with Crippen molar-refractivity contribution in [2.24, 2.45) is 17.6 Å². The van der Waals surface area contributed by atoms with Crippen LogP contribution < -0.4 is 16.4 Å². The molecule has 0 saturated heterocycles. The SMILES string of the molecule is NC(=O)[C@H]1CC[C@@H](n2c(Nc3c(Cl)cc(F)cc3Cl)nc3cnc(NC[C@@H]4CCCC[C@@H]4O)nc32)CC1. The highest BCUT2D eigenvalue weighted by molar-refractivity contribution is 6.39. The molecule has 2 fully saturated rings. The van der Waals surface area contributed by atoms with Crippen LogP contribution in [0.1, 0.15) is 57.4 Å². The van der Waals surface area contributed by atoms with Crippen LogP contribution in [0.15, 0.2) is 18.3 Å². The number of amides is 1. The molecule has 0 spiro atoms. The van der Waals surface area contributed by atoms with Crippen LogP contribution in [-0.4, -0.2) is 43.2 Å². The van der Waals surface area contributed by atoms with Crippen molar-refractivity contribution in [2.75, 3.05) is 17.2 Å². The summed E-state index contributed by atoms with van der Waals surface area (Å²) in [5.41, 5.74) is 7.06. The van der Waals surface area contributed by atoms with Crippen molar-refractivity contribution in [3.63, 3.8) is 0 Å². The summed E-state index contributed by atoms with van der Waals surface area (Å²) >= 11 is 12.6. The second-order valence-corrected chi connectivity index (χ2v) is 10.8. The van der Waals surface area contributed by atoms with Gasteiger partial charge in [-0.3, -0.25) is 9.36 Å². The third-order valence-electron chi connectivity index (χ3n) is 7.53. The van der Waals surface area contributed by atoms with Crippen molar-refractivity contribution in [1.82, 2.24) is 19.5 Å². The first kappa shape index (κ1) is 25.9. The molecule has 0 radical (unpaired) electrons. The predicted octanol–water partition coefficient (Wildman–Crippen LogP) is 5.20. The second kappa shape index (κ2) is 11.0. The molecule has 1 aromatic carbocycles. The lowest BCUT2D eigenvalue weighted by Gasteiger charge is -2.29. The predicted molar refractivity (Wildman–Crippen MR) is 142 cm³/mol. The average Bonchev–Trinajstić information content (AvgIpc) is 3.23. The molecule has 12 heteroatoms. The van der Waals surface area contributed by atoms with Crippen molar-refractivity contribution in [1.29, 1.82) is 0 Å². The van der Waals surface area contributed by atoms with Gasteiger partial charge in [-0.2, -0.15) is 4.98 Å². The highest BCUT2D eigenvalue weighted by atomic mass is 35.5. The number of nitrogens with zero attached hydrogens (tertiary/aromatic N) is 4. The number of anilines is 3. The number of aliphatic hydroxyl groups excluding tert-OH is 1. The van der Waals surface area contributed by atoms with Crippen LogP contribution >= 0.6 is 23.2 Å². The maximum absolute atomic E-state index is 13.8. The summed E-state index contributed by atoms with van der Waals surface area (Å²) in [6.07, 6.45) is 7.99. The molecule has 0 unspecified atom stereocenters. The lowest BCUT2D eigenvalue weighted by atomic mass is 9.85. The van der Waals surface area contributed by atoms with Gasteiger partial charge in [-0.05, 0) is 50.7 Å². The minimum absolute atomic E-state index is 0.0102. The maximum Gasteiger partial charge on any atom is 0.224 e. The number of hydrogen-bond acceptors (Lipinski definition) is 7. The Morgan fingerprint density at radius 2 is 1.81 bits per heavy atom. The number of halogens is 3. The fourth-order valence-electron chi connectivity index (χ4n) is 5.45. The highest BCUT2D eigenvalue weighted by Gasteiger charge is 2.30. The third kappa shape index (κ3) is 5.61. The number of hydrogen-bond donors (Lipinski definition) is 4. The van der Waals surface area contributed by atoms with Crippen LogP contribution in [-0.2, 0) is 4.79 Å². The van der Waals surface area contributed by atoms with Gasteiger partial charge in [-0.1, -0.05) is 36.0 Å². The van der Waals surface area contributed by atoms with Gasteiger partial charge in [0, 0.05) is 24.4 Å². The topological polar surface area (TPSA) is 131 Å². The molecule has 5 N–H and O–H groups in total. The molecule has 198 valence electrons. The standard InChI is InChI=1S/C25H30Cl2FN7O2/c26-17-9-15(28)10-18(27)21(17)33-25-32-19-12-31-24(30-11-14-3-1-2-4-20(14)36)34-23(19)35(25)16-7-5-13(6-8-16)22(29)37/h9-10,12-14,16,20,36H,1-8,11H2,(H2,29,37)(H,32,33)(H,30,31,34)/t13-,14-,16+,20-/m0/s1. The fourth-order valence-corrected chi connectivity index (χ4v) is 6.01. The Kier molecular flexibility index (Phi) is 7.69. The molecule has 0 aliphatic heterocycles. The van der Waals surface area contributed by atoms with Crippen LogP contribution in [0.5, 0.6) is 0 Å². The molecule has 37 heavy (non-hydrogen) atoms. The Bertz CT molecular complexity index is 1270. The summed E-state index contributed by atoms with van der Waals surface area (Å²) in [6, 6.07) is 2.36. The Hall–Kier alpha value is -2.69. The van der Waals surface area contributed by atoms with Crippen LogP contribution in [0.2, 0.25) is 10.0 Å². The van der Waals surface area contributed by atoms with Gasteiger partial charge in [0.15, 0.2) is 5.65 Å². The van der Waals surface area contributed by atoms with Gasteiger partial charge in [-0.15, -0.1) is 0 Å². The molecule has 3 aromatic rings. The lowest BCUT2D eigenvalue weighted by Crippen LogP contribution is -2.30. The first-order valence-corrected chi connectivity index (χ1v) is 13.4. The number of rotatable bonds is 7. The van der Waals surface area contributed by atoms with Gasteiger partial charge in [0.25, 0.3) is 0 Å². The van der Waals surface area contributed by atoms with Crippen molar-refractivity contribution in [3.8, 4) is 0 Å². The van der Waals surface area contributed by atoms with Gasteiger partial charge >= 0.3 is 0 Å². The zero-order valence-corrected chi connectivity index (χ0v) is 21.8. The van der Waals surface area contributed by atoms with Crippen LogP contribution in [0.3, 0.4) is 0 Å². The number of aromatic nitrogens is 4. The van der Waals surface area contributed by atoms with Gasteiger partial charge in [-0.25, -0.2) is 14.4 Å². The molecule has 2 aliphatic carbocycles. The molecular formula is C25H30Cl2FN7O2. The smallest absolute Gasteiger partial charge is 0.224 e. The number of imidazole rings is 1. The van der Waals surface area contributed by atoms with Gasteiger partial charge in [0.05, 0.1) is 28.0 Å². The number of carbonyl (C=O) groups is 1. The minimum atomic E-state index is -0.538. The Labute approximate surface area is 224 Å². The van der Waals surface area contributed by atoms with Crippen molar-refractivity contribution >= 4 is 57.9 Å². The normalized spacial score (nSPS) is 24.2. The number of aliphatic hydroxyl groups is 1. The van der Waals surface area contributed by atoms with E-state index in [0.29, 0.717) is 61.0 Å². The average molecular weight is 550 g/mol. The van der Waals surface area contributed by atoms with Crippen molar-refractivity contribution < 1.29 is 14.3 Å². The zero-order chi connectivity index (χ0) is 26.1. The van der Waals surface area contributed by atoms with Crippen LogP contribution in [0.4, 0.5) is 22.0 Å². The number of benzene rings is 1. The largest absolute Gasteiger partial charge is 0.393 e. The lowest BCUT2D eigenvalue weighted by molar-refractivity contribution is -0.122. The Morgan fingerprint density at radius 1 is 1.11 bits per heavy atom. The molecule has 2 heterocycles. The first-order chi connectivity index (χ1) is 17.8. The number of fused-ring (bicyclic) bond motifs is 1. The van der Waals surface area contributed by atoms with E-state index in [9.17, 15) is 14.3 Å². The van der Waals surface area contributed by atoms with E-state index in [0.717, 1.165) is 25.7 Å². The Morgan fingerprint density at radius 3 is 2.49 bits per heavy atom. The number of carbonyl (C=O) groups excluding carboxylic acids is 1. The molecule has 5 rings (SSSR count). The van der Waals surface area contributed by atoms with E-state index in [4.69, 9.17) is 38.9 Å².